The zero-order valence-electron chi connectivity index (χ0n) is 14.1. The lowest BCUT2D eigenvalue weighted by Gasteiger charge is -2.14. The molecule has 24 heavy (non-hydrogen) atoms. The molecule has 2 amide bonds. The molecule has 2 aromatic carbocycles. The van der Waals surface area contributed by atoms with E-state index in [1.54, 1.807) is 55.6 Å². The van der Waals surface area contributed by atoms with E-state index < -0.39 is 0 Å². The first-order valence-corrected chi connectivity index (χ1v) is 7.90. The Morgan fingerprint density at radius 2 is 1.71 bits per heavy atom. The van der Waals surface area contributed by atoms with Gasteiger partial charge in [0.2, 0.25) is 0 Å². The Balaban J connectivity index is 2.17. The second-order valence-electron chi connectivity index (χ2n) is 5.51. The standard InChI is InChI=1S/C19H22N2O3/c1-4-13(2)20-19(23)16-7-5-6-8-17(16)21-18(22)14-9-11-15(24-3)12-10-14/h5-13H,4H2,1-3H3,(H,20,23)(H,21,22). The van der Waals surface area contributed by atoms with Gasteiger partial charge < -0.3 is 15.4 Å². The van der Waals surface area contributed by atoms with Crippen molar-refractivity contribution in [3.8, 4) is 5.75 Å². The fraction of sp³-hybridized carbons (Fsp3) is 0.263. The molecule has 2 aromatic rings. The highest BCUT2D eigenvalue weighted by Gasteiger charge is 2.15. The Bertz CT molecular complexity index is 711. The second kappa shape index (κ2) is 8.15. The van der Waals surface area contributed by atoms with Crippen LogP contribution in [0.25, 0.3) is 0 Å². The van der Waals surface area contributed by atoms with Gasteiger partial charge in [0.1, 0.15) is 5.75 Å². The largest absolute Gasteiger partial charge is 0.497 e. The number of benzene rings is 2. The summed E-state index contributed by atoms with van der Waals surface area (Å²) in [6.07, 6.45) is 0.839. The minimum Gasteiger partial charge on any atom is -0.497 e. The molecule has 0 saturated heterocycles. The summed E-state index contributed by atoms with van der Waals surface area (Å²) in [5.41, 5.74) is 1.42. The summed E-state index contributed by atoms with van der Waals surface area (Å²) in [4.78, 5) is 24.7. The maximum atomic E-state index is 12.4. The number of hydrogen-bond donors (Lipinski definition) is 2. The monoisotopic (exact) mass is 326 g/mol. The maximum absolute atomic E-state index is 12.4. The quantitative estimate of drug-likeness (QED) is 0.854. The average Bonchev–Trinajstić information content (AvgIpc) is 2.62. The summed E-state index contributed by atoms with van der Waals surface area (Å²) in [5.74, 6) is 0.205. The van der Waals surface area contributed by atoms with Gasteiger partial charge in [-0.2, -0.15) is 0 Å². The molecule has 0 aliphatic heterocycles. The summed E-state index contributed by atoms with van der Waals surface area (Å²) in [7, 11) is 1.57. The lowest BCUT2D eigenvalue weighted by atomic mass is 10.1. The number of hydrogen-bond acceptors (Lipinski definition) is 3. The minimum atomic E-state index is -0.276. The topological polar surface area (TPSA) is 67.4 Å². The Hall–Kier alpha value is -2.82. The first-order valence-electron chi connectivity index (χ1n) is 7.90. The highest BCUT2D eigenvalue weighted by molar-refractivity contribution is 6.09. The van der Waals surface area contributed by atoms with Crippen LogP contribution in [0.4, 0.5) is 5.69 Å². The maximum Gasteiger partial charge on any atom is 0.255 e. The number of ether oxygens (including phenoxy) is 1. The fourth-order valence-electron chi connectivity index (χ4n) is 2.13. The second-order valence-corrected chi connectivity index (χ2v) is 5.51. The molecule has 0 aromatic heterocycles. The highest BCUT2D eigenvalue weighted by atomic mass is 16.5. The number of carbonyl (C=O) groups excluding carboxylic acids is 2. The van der Waals surface area contributed by atoms with E-state index in [0.717, 1.165) is 6.42 Å². The molecule has 0 saturated carbocycles. The fourth-order valence-corrected chi connectivity index (χ4v) is 2.13. The molecule has 0 aliphatic carbocycles. The molecule has 0 spiro atoms. The molecule has 5 nitrogen and oxygen atoms in total. The van der Waals surface area contributed by atoms with E-state index in [1.807, 2.05) is 13.8 Å². The summed E-state index contributed by atoms with van der Waals surface area (Å²) >= 11 is 0. The third-order valence-corrected chi connectivity index (χ3v) is 3.76. The van der Waals surface area contributed by atoms with E-state index in [2.05, 4.69) is 10.6 Å². The van der Waals surface area contributed by atoms with Gasteiger partial charge in [-0.3, -0.25) is 9.59 Å². The Morgan fingerprint density at radius 3 is 2.33 bits per heavy atom. The Morgan fingerprint density at radius 1 is 1.04 bits per heavy atom. The summed E-state index contributed by atoms with van der Waals surface area (Å²) < 4.78 is 5.08. The van der Waals surface area contributed by atoms with Crippen LogP contribution >= 0.6 is 0 Å². The van der Waals surface area contributed by atoms with Crippen molar-refractivity contribution in [3.05, 3.63) is 59.7 Å². The molecule has 0 fully saturated rings. The van der Waals surface area contributed by atoms with Gasteiger partial charge in [-0.1, -0.05) is 19.1 Å². The number of amides is 2. The van der Waals surface area contributed by atoms with Crippen molar-refractivity contribution >= 4 is 17.5 Å². The van der Waals surface area contributed by atoms with E-state index in [1.165, 1.54) is 0 Å². The Kier molecular flexibility index (Phi) is 5.95. The molecule has 0 heterocycles. The molecule has 1 unspecified atom stereocenters. The van der Waals surface area contributed by atoms with Crippen LogP contribution in [-0.4, -0.2) is 25.0 Å². The van der Waals surface area contributed by atoms with E-state index in [-0.39, 0.29) is 17.9 Å². The third-order valence-electron chi connectivity index (χ3n) is 3.76. The lowest BCUT2D eigenvalue weighted by Crippen LogP contribution is -2.32. The number of anilines is 1. The molecule has 0 aliphatic rings. The zero-order valence-corrected chi connectivity index (χ0v) is 14.1. The van der Waals surface area contributed by atoms with Gasteiger partial charge in [-0.05, 0) is 49.7 Å². The van der Waals surface area contributed by atoms with E-state index >= 15 is 0 Å². The van der Waals surface area contributed by atoms with E-state index in [4.69, 9.17) is 4.74 Å². The molecule has 2 N–H and O–H groups in total. The normalized spacial score (nSPS) is 11.5. The molecule has 0 radical (unpaired) electrons. The number of carbonyl (C=O) groups is 2. The molecule has 126 valence electrons. The van der Waals surface area contributed by atoms with Crippen LogP contribution in [0.1, 0.15) is 41.0 Å². The van der Waals surface area contributed by atoms with Crippen molar-refractivity contribution in [1.29, 1.82) is 0 Å². The van der Waals surface area contributed by atoms with Crippen LogP contribution in [0, 0.1) is 0 Å². The van der Waals surface area contributed by atoms with Gasteiger partial charge in [-0.25, -0.2) is 0 Å². The molecular weight excluding hydrogens is 304 g/mol. The summed E-state index contributed by atoms with van der Waals surface area (Å²) in [6, 6.07) is 13.8. The predicted molar refractivity (Wildman–Crippen MR) is 94.6 cm³/mol. The first-order chi connectivity index (χ1) is 11.5. The van der Waals surface area contributed by atoms with Gasteiger partial charge in [0.25, 0.3) is 11.8 Å². The molecule has 5 heteroatoms. The molecule has 2 rings (SSSR count). The van der Waals surface area contributed by atoms with Crippen LogP contribution in [0.5, 0.6) is 5.75 Å². The molecule has 0 bridgehead atoms. The highest BCUT2D eigenvalue weighted by Crippen LogP contribution is 2.18. The number of methoxy groups -OCH3 is 1. The van der Waals surface area contributed by atoms with Gasteiger partial charge >= 0.3 is 0 Å². The zero-order chi connectivity index (χ0) is 17.5. The number of nitrogens with one attached hydrogen (secondary N) is 2. The van der Waals surface area contributed by atoms with Crippen molar-refractivity contribution in [2.24, 2.45) is 0 Å². The van der Waals surface area contributed by atoms with Crippen LogP contribution in [0.3, 0.4) is 0 Å². The van der Waals surface area contributed by atoms with Gasteiger partial charge in [0.05, 0.1) is 18.4 Å². The average molecular weight is 326 g/mol. The van der Waals surface area contributed by atoms with Gasteiger partial charge in [0.15, 0.2) is 0 Å². The van der Waals surface area contributed by atoms with Crippen LogP contribution in [0.15, 0.2) is 48.5 Å². The molecular formula is C19H22N2O3. The van der Waals surface area contributed by atoms with E-state index in [9.17, 15) is 9.59 Å². The third kappa shape index (κ3) is 4.35. The van der Waals surface area contributed by atoms with Crippen LogP contribution < -0.4 is 15.4 Å². The Labute approximate surface area is 142 Å². The molecule has 1 atom stereocenters. The van der Waals surface area contributed by atoms with Crippen molar-refractivity contribution in [1.82, 2.24) is 5.32 Å². The van der Waals surface area contributed by atoms with Crippen LogP contribution in [0.2, 0.25) is 0 Å². The van der Waals surface area contributed by atoms with Crippen molar-refractivity contribution in [2.75, 3.05) is 12.4 Å². The minimum absolute atomic E-state index is 0.0721. The number of rotatable bonds is 6. The smallest absolute Gasteiger partial charge is 0.255 e. The van der Waals surface area contributed by atoms with Gasteiger partial charge in [0, 0.05) is 11.6 Å². The van der Waals surface area contributed by atoms with E-state index in [0.29, 0.717) is 22.6 Å². The van der Waals surface area contributed by atoms with Crippen molar-refractivity contribution in [2.45, 2.75) is 26.3 Å². The van der Waals surface area contributed by atoms with Crippen LogP contribution in [-0.2, 0) is 0 Å². The van der Waals surface area contributed by atoms with Crippen molar-refractivity contribution < 1.29 is 14.3 Å². The number of para-hydroxylation sites is 1. The summed E-state index contributed by atoms with van der Waals surface area (Å²) in [5, 5.41) is 5.70. The SMILES string of the molecule is CCC(C)NC(=O)c1ccccc1NC(=O)c1ccc(OC)cc1. The van der Waals surface area contributed by atoms with Gasteiger partial charge in [-0.15, -0.1) is 0 Å². The first kappa shape index (κ1) is 17.5. The van der Waals surface area contributed by atoms with Crippen molar-refractivity contribution in [3.63, 3.8) is 0 Å². The summed E-state index contributed by atoms with van der Waals surface area (Å²) in [6.45, 7) is 3.94. The predicted octanol–water partition coefficient (Wildman–Crippen LogP) is 3.48. The lowest BCUT2D eigenvalue weighted by molar-refractivity contribution is 0.0940.